The van der Waals surface area contributed by atoms with Gasteiger partial charge in [0.1, 0.15) is 6.04 Å². The molecule has 1 atom stereocenters. The molecule has 5 rings (SSSR count). The number of hydrogen-bond acceptors (Lipinski definition) is 4. The lowest BCUT2D eigenvalue weighted by atomic mass is 10.0. The zero-order valence-corrected chi connectivity index (χ0v) is 20.4. The van der Waals surface area contributed by atoms with Crippen LogP contribution in [0.4, 0.5) is 0 Å². The summed E-state index contributed by atoms with van der Waals surface area (Å²) >= 11 is 1.36. The lowest BCUT2D eigenvalue weighted by Gasteiger charge is -2.18. The predicted octanol–water partition coefficient (Wildman–Crippen LogP) is 4.48. The number of carbonyl (C=O) groups excluding carboxylic acids is 2. The molecule has 1 fully saturated rings. The van der Waals surface area contributed by atoms with Crippen molar-refractivity contribution in [2.45, 2.75) is 38.4 Å². The van der Waals surface area contributed by atoms with Gasteiger partial charge in [0.2, 0.25) is 5.91 Å². The summed E-state index contributed by atoms with van der Waals surface area (Å²) in [6.45, 7) is 3.75. The third kappa shape index (κ3) is 5.81. The molecule has 2 aromatic carbocycles. The number of rotatable bonds is 9. The first-order chi connectivity index (χ1) is 17.2. The Balaban J connectivity index is 1.25. The average molecular weight is 487 g/mol. The molecule has 2 amide bonds. The molecule has 3 heterocycles. The van der Waals surface area contributed by atoms with Crippen LogP contribution in [0.15, 0.2) is 72.2 Å². The van der Waals surface area contributed by atoms with E-state index in [1.54, 1.807) is 6.07 Å². The largest absolute Gasteiger partial charge is 0.361 e. The summed E-state index contributed by atoms with van der Waals surface area (Å²) in [4.78, 5) is 32.3. The maximum Gasteiger partial charge on any atom is 0.262 e. The molecule has 0 unspecified atom stereocenters. The Bertz CT molecular complexity index is 1270. The number of amides is 2. The number of benzene rings is 2. The van der Waals surface area contributed by atoms with Gasteiger partial charge in [-0.3, -0.25) is 14.5 Å². The monoisotopic (exact) mass is 486 g/mol. The second-order valence-electron chi connectivity index (χ2n) is 9.08. The molecule has 0 spiro atoms. The highest BCUT2D eigenvalue weighted by Crippen LogP contribution is 2.20. The molecule has 1 saturated heterocycles. The number of thiophene rings is 1. The van der Waals surface area contributed by atoms with Crippen LogP contribution in [0.5, 0.6) is 0 Å². The van der Waals surface area contributed by atoms with Gasteiger partial charge in [0.15, 0.2) is 0 Å². The van der Waals surface area contributed by atoms with Crippen molar-refractivity contribution < 1.29 is 9.59 Å². The van der Waals surface area contributed by atoms with Gasteiger partial charge in [-0.2, -0.15) is 0 Å². The second-order valence-corrected chi connectivity index (χ2v) is 10.0. The van der Waals surface area contributed by atoms with E-state index in [1.807, 2.05) is 41.9 Å². The molecule has 4 aromatic rings. The highest BCUT2D eigenvalue weighted by Gasteiger charge is 2.23. The van der Waals surface area contributed by atoms with Gasteiger partial charge in [0, 0.05) is 36.6 Å². The molecule has 180 valence electrons. The number of aromatic amines is 1. The molecular weight excluding hydrogens is 456 g/mol. The molecule has 6 nitrogen and oxygen atoms in total. The highest BCUT2D eigenvalue weighted by molar-refractivity contribution is 7.12. The number of fused-ring (bicyclic) bond motifs is 1. The molecule has 0 bridgehead atoms. The van der Waals surface area contributed by atoms with E-state index in [0.29, 0.717) is 17.8 Å². The Kier molecular flexibility index (Phi) is 7.25. The van der Waals surface area contributed by atoms with Crippen molar-refractivity contribution in [3.8, 4) is 0 Å². The summed E-state index contributed by atoms with van der Waals surface area (Å²) in [6.07, 6.45) is 4.89. The second kappa shape index (κ2) is 10.9. The number of carbonyl (C=O) groups is 2. The summed E-state index contributed by atoms with van der Waals surface area (Å²) in [7, 11) is 0. The molecule has 2 aromatic heterocycles. The molecule has 0 radical (unpaired) electrons. The number of nitrogens with one attached hydrogen (secondary N) is 3. The first-order valence-corrected chi connectivity index (χ1v) is 13.0. The van der Waals surface area contributed by atoms with Crippen LogP contribution in [-0.4, -0.2) is 40.8 Å². The number of para-hydroxylation sites is 1. The number of likely N-dealkylation sites (tertiary alicyclic amines) is 1. The van der Waals surface area contributed by atoms with E-state index in [9.17, 15) is 9.59 Å². The fourth-order valence-corrected chi connectivity index (χ4v) is 5.27. The Morgan fingerprint density at radius 3 is 2.51 bits per heavy atom. The van der Waals surface area contributed by atoms with Gasteiger partial charge in [-0.05, 0) is 60.1 Å². The van der Waals surface area contributed by atoms with E-state index in [-0.39, 0.29) is 11.8 Å². The molecule has 0 saturated carbocycles. The van der Waals surface area contributed by atoms with Gasteiger partial charge in [-0.25, -0.2) is 0 Å². The minimum atomic E-state index is -0.682. The molecule has 35 heavy (non-hydrogen) atoms. The molecular formula is C28H30N4O2S. The van der Waals surface area contributed by atoms with Crippen molar-refractivity contribution in [3.05, 3.63) is 93.8 Å². The Morgan fingerprint density at radius 1 is 0.971 bits per heavy atom. The summed E-state index contributed by atoms with van der Waals surface area (Å²) < 4.78 is 0. The number of nitrogens with zero attached hydrogens (tertiary/aromatic N) is 1. The minimum absolute atomic E-state index is 0.193. The van der Waals surface area contributed by atoms with Crippen LogP contribution < -0.4 is 10.6 Å². The van der Waals surface area contributed by atoms with Crippen molar-refractivity contribution in [2.75, 3.05) is 13.1 Å². The Labute approximate surface area is 209 Å². The summed E-state index contributed by atoms with van der Waals surface area (Å²) in [5.74, 6) is -0.424. The van der Waals surface area contributed by atoms with Gasteiger partial charge in [-0.1, -0.05) is 48.5 Å². The fourth-order valence-electron chi connectivity index (χ4n) is 4.64. The maximum absolute atomic E-state index is 13.2. The third-order valence-corrected chi connectivity index (χ3v) is 7.43. The summed E-state index contributed by atoms with van der Waals surface area (Å²) in [6, 6.07) is 19.3. The first kappa shape index (κ1) is 23.3. The van der Waals surface area contributed by atoms with Gasteiger partial charge < -0.3 is 15.6 Å². The van der Waals surface area contributed by atoms with Crippen LogP contribution in [0.1, 0.15) is 39.2 Å². The lowest BCUT2D eigenvalue weighted by Crippen LogP contribution is -2.47. The van der Waals surface area contributed by atoms with E-state index in [4.69, 9.17) is 0 Å². The Hall–Kier alpha value is -3.42. The predicted molar refractivity (Wildman–Crippen MR) is 140 cm³/mol. The molecule has 1 aliphatic rings. The van der Waals surface area contributed by atoms with Crippen molar-refractivity contribution in [2.24, 2.45) is 0 Å². The minimum Gasteiger partial charge on any atom is -0.361 e. The number of aromatic nitrogens is 1. The van der Waals surface area contributed by atoms with Crippen LogP contribution in [0.3, 0.4) is 0 Å². The zero-order valence-electron chi connectivity index (χ0n) is 19.6. The highest BCUT2D eigenvalue weighted by atomic mass is 32.1. The van der Waals surface area contributed by atoms with E-state index in [2.05, 4.69) is 44.8 Å². The molecule has 0 aliphatic carbocycles. The smallest absolute Gasteiger partial charge is 0.262 e. The van der Waals surface area contributed by atoms with E-state index in [1.165, 1.54) is 42.8 Å². The van der Waals surface area contributed by atoms with Crippen molar-refractivity contribution in [1.82, 2.24) is 20.5 Å². The van der Waals surface area contributed by atoms with Gasteiger partial charge in [0.05, 0.1) is 4.88 Å². The average Bonchev–Trinajstić information content (AvgIpc) is 3.66. The van der Waals surface area contributed by atoms with Crippen LogP contribution in [-0.2, 0) is 24.3 Å². The number of hydrogen-bond donors (Lipinski definition) is 3. The van der Waals surface area contributed by atoms with E-state index >= 15 is 0 Å². The SMILES string of the molecule is O=C(N[C@@H](Cc1c[nH]c2ccccc12)C(=O)NCc1ccc(CN2CCCC2)cc1)c1cccs1. The summed E-state index contributed by atoms with van der Waals surface area (Å²) in [5.41, 5.74) is 4.35. The fraction of sp³-hybridized carbons (Fsp3) is 0.286. The van der Waals surface area contributed by atoms with Crippen LogP contribution in [0.2, 0.25) is 0 Å². The topological polar surface area (TPSA) is 77.2 Å². The molecule has 3 N–H and O–H groups in total. The van der Waals surface area contributed by atoms with Crippen molar-refractivity contribution in [1.29, 1.82) is 0 Å². The van der Waals surface area contributed by atoms with E-state index in [0.717, 1.165) is 28.6 Å². The van der Waals surface area contributed by atoms with Crippen LogP contribution in [0.25, 0.3) is 10.9 Å². The van der Waals surface area contributed by atoms with Gasteiger partial charge in [0.25, 0.3) is 5.91 Å². The van der Waals surface area contributed by atoms with E-state index < -0.39 is 6.04 Å². The zero-order chi connectivity index (χ0) is 24.0. The van der Waals surface area contributed by atoms with Crippen LogP contribution >= 0.6 is 11.3 Å². The molecule has 1 aliphatic heterocycles. The quantitative estimate of drug-likeness (QED) is 0.326. The van der Waals surface area contributed by atoms with Gasteiger partial charge >= 0.3 is 0 Å². The van der Waals surface area contributed by atoms with Crippen LogP contribution in [0, 0.1) is 0 Å². The molecule has 7 heteroatoms. The Morgan fingerprint density at radius 2 is 1.74 bits per heavy atom. The lowest BCUT2D eigenvalue weighted by molar-refractivity contribution is -0.123. The maximum atomic E-state index is 13.2. The van der Waals surface area contributed by atoms with Crippen molar-refractivity contribution >= 4 is 34.1 Å². The third-order valence-electron chi connectivity index (χ3n) is 6.56. The first-order valence-electron chi connectivity index (χ1n) is 12.1. The standard InChI is InChI=1S/C28H30N4O2S/c33-27(30-17-20-9-11-21(12-10-20)19-32-13-3-4-14-32)25(31-28(34)26-8-5-15-35-26)16-22-18-29-24-7-2-1-6-23(22)24/h1-2,5-12,15,18,25,29H,3-4,13-14,16-17,19H2,(H,30,33)(H,31,34)/t25-/m0/s1. The van der Waals surface area contributed by atoms with Crippen molar-refractivity contribution in [3.63, 3.8) is 0 Å². The number of H-pyrrole nitrogens is 1. The van der Waals surface area contributed by atoms with Gasteiger partial charge in [-0.15, -0.1) is 11.3 Å². The normalized spacial score (nSPS) is 14.7. The summed E-state index contributed by atoms with van der Waals surface area (Å²) in [5, 5.41) is 8.90.